The molecule has 0 bridgehead atoms. The third-order valence-electron chi connectivity index (χ3n) is 4.53. The second-order valence-electron chi connectivity index (χ2n) is 6.38. The number of rotatable bonds is 4. The first-order valence-corrected chi connectivity index (χ1v) is 8.94. The van der Waals surface area contributed by atoms with Gasteiger partial charge in [0, 0.05) is 23.2 Å². The quantitative estimate of drug-likeness (QED) is 0.725. The molecule has 2 N–H and O–H groups in total. The van der Waals surface area contributed by atoms with Gasteiger partial charge in [-0.3, -0.25) is 9.59 Å². The first-order chi connectivity index (χ1) is 13.1. The Kier molecular flexibility index (Phi) is 4.64. The van der Waals surface area contributed by atoms with Crippen molar-refractivity contribution in [2.24, 2.45) is 0 Å². The van der Waals surface area contributed by atoms with Gasteiger partial charge in [-0.05, 0) is 29.3 Å². The number of nitrogens with zero attached hydrogens (tertiary/aromatic N) is 2. The highest BCUT2D eigenvalue weighted by molar-refractivity contribution is 6.30. The van der Waals surface area contributed by atoms with E-state index in [1.165, 1.54) is 0 Å². The van der Waals surface area contributed by atoms with Gasteiger partial charge in [0.1, 0.15) is 5.82 Å². The summed E-state index contributed by atoms with van der Waals surface area (Å²) >= 11 is 5.92. The van der Waals surface area contributed by atoms with Crippen LogP contribution in [0.4, 0.5) is 11.5 Å². The number of fused-ring (bicyclic) bond motifs is 1. The fraction of sp³-hybridized carbons (Fsp3) is 0.150. The maximum absolute atomic E-state index is 12.9. The average molecular weight is 381 g/mol. The number of aromatic nitrogens is 2. The van der Waals surface area contributed by atoms with Crippen molar-refractivity contribution in [2.45, 2.75) is 18.9 Å². The molecule has 1 aromatic heterocycles. The number of para-hydroxylation sites is 1. The molecule has 1 aliphatic rings. The molecule has 1 aliphatic heterocycles. The van der Waals surface area contributed by atoms with Crippen LogP contribution in [0.15, 0.2) is 60.8 Å². The zero-order valence-corrected chi connectivity index (χ0v) is 15.1. The number of benzene rings is 2. The van der Waals surface area contributed by atoms with E-state index in [1.807, 2.05) is 42.5 Å². The lowest BCUT2D eigenvalue weighted by Gasteiger charge is -2.24. The Balaban J connectivity index is 1.53. The summed E-state index contributed by atoms with van der Waals surface area (Å²) in [5.74, 6) is -0.342. The lowest BCUT2D eigenvalue weighted by molar-refractivity contribution is -0.123. The highest BCUT2D eigenvalue weighted by Gasteiger charge is 2.30. The molecule has 7 heteroatoms. The first-order valence-electron chi connectivity index (χ1n) is 8.56. The van der Waals surface area contributed by atoms with Crippen LogP contribution in [0.5, 0.6) is 0 Å². The minimum atomic E-state index is -0.533. The van der Waals surface area contributed by atoms with Gasteiger partial charge in [-0.15, -0.1) is 0 Å². The van der Waals surface area contributed by atoms with Gasteiger partial charge in [-0.1, -0.05) is 41.9 Å². The number of carbonyl (C=O) groups is 2. The Morgan fingerprint density at radius 1 is 1.19 bits per heavy atom. The highest BCUT2D eigenvalue weighted by Crippen LogP contribution is 2.32. The van der Waals surface area contributed by atoms with Crippen molar-refractivity contribution >= 4 is 34.9 Å². The average Bonchev–Trinajstić information content (AvgIpc) is 3.09. The Bertz CT molecular complexity index is 997. The molecule has 0 saturated carbocycles. The molecule has 2 heterocycles. The molecule has 1 atom stereocenters. The fourth-order valence-corrected chi connectivity index (χ4v) is 3.31. The highest BCUT2D eigenvalue weighted by atomic mass is 35.5. The van der Waals surface area contributed by atoms with E-state index in [-0.39, 0.29) is 18.2 Å². The van der Waals surface area contributed by atoms with E-state index in [2.05, 4.69) is 15.7 Å². The van der Waals surface area contributed by atoms with E-state index in [0.29, 0.717) is 23.1 Å². The van der Waals surface area contributed by atoms with Gasteiger partial charge >= 0.3 is 0 Å². The van der Waals surface area contributed by atoms with Crippen LogP contribution in [0.1, 0.15) is 23.5 Å². The van der Waals surface area contributed by atoms with Crippen LogP contribution in [0.25, 0.3) is 0 Å². The largest absolute Gasteiger partial charge is 0.326 e. The molecule has 0 radical (unpaired) electrons. The number of anilines is 2. The zero-order chi connectivity index (χ0) is 18.8. The topological polar surface area (TPSA) is 76.0 Å². The molecular formula is C20H17ClN4O2. The molecule has 0 saturated heterocycles. The molecule has 0 aliphatic carbocycles. The fourth-order valence-electron chi connectivity index (χ4n) is 3.19. The third-order valence-corrected chi connectivity index (χ3v) is 4.78. The first kappa shape index (κ1) is 17.3. The number of hydrogen-bond donors (Lipinski definition) is 2. The van der Waals surface area contributed by atoms with E-state index in [0.717, 1.165) is 11.1 Å². The Hall–Kier alpha value is -3.12. The minimum absolute atomic E-state index is 0.119. The SMILES string of the molecule is O=C1CC(C(=O)Nc2ccnn2Cc2ccc(Cl)cc2)c2ccccc2N1. The maximum Gasteiger partial charge on any atom is 0.233 e. The van der Waals surface area contributed by atoms with E-state index in [1.54, 1.807) is 23.0 Å². The van der Waals surface area contributed by atoms with Crippen molar-refractivity contribution in [3.8, 4) is 0 Å². The van der Waals surface area contributed by atoms with Crippen molar-refractivity contribution < 1.29 is 9.59 Å². The van der Waals surface area contributed by atoms with Crippen molar-refractivity contribution in [1.29, 1.82) is 0 Å². The van der Waals surface area contributed by atoms with Crippen molar-refractivity contribution in [1.82, 2.24) is 9.78 Å². The summed E-state index contributed by atoms with van der Waals surface area (Å²) in [5.41, 5.74) is 2.52. The summed E-state index contributed by atoms with van der Waals surface area (Å²) in [5, 5.41) is 10.7. The summed E-state index contributed by atoms with van der Waals surface area (Å²) in [4.78, 5) is 24.8. The molecule has 6 nitrogen and oxygen atoms in total. The minimum Gasteiger partial charge on any atom is -0.326 e. The van der Waals surface area contributed by atoms with Crippen molar-refractivity contribution in [3.05, 3.63) is 76.9 Å². The van der Waals surface area contributed by atoms with Gasteiger partial charge in [0.15, 0.2) is 0 Å². The van der Waals surface area contributed by atoms with Gasteiger partial charge in [0.05, 0.1) is 18.7 Å². The number of carbonyl (C=O) groups excluding carboxylic acids is 2. The normalized spacial score (nSPS) is 15.7. The van der Waals surface area contributed by atoms with E-state index in [4.69, 9.17) is 11.6 Å². The predicted molar refractivity (Wildman–Crippen MR) is 104 cm³/mol. The smallest absolute Gasteiger partial charge is 0.233 e. The standard InChI is InChI=1S/C20H17ClN4O2/c21-14-7-5-13(6-8-14)12-25-18(9-10-22-25)24-20(27)16-11-19(26)23-17-4-2-1-3-15(16)17/h1-10,16H,11-12H2,(H,23,26)(H,24,27). The summed E-state index contributed by atoms with van der Waals surface area (Å²) in [6.07, 6.45) is 1.75. The Morgan fingerprint density at radius 3 is 2.78 bits per heavy atom. The lowest BCUT2D eigenvalue weighted by Crippen LogP contribution is -2.31. The molecule has 0 spiro atoms. The molecule has 4 rings (SSSR count). The summed E-state index contributed by atoms with van der Waals surface area (Å²) in [6.45, 7) is 0.502. The maximum atomic E-state index is 12.9. The molecule has 1 unspecified atom stereocenters. The van der Waals surface area contributed by atoms with Crippen LogP contribution in [0.3, 0.4) is 0 Å². The molecule has 2 aromatic carbocycles. The molecule has 3 aromatic rings. The van der Waals surface area contributed by atoms with Crippen molar-refractivity contribution in [3.63, 3.8) is 0 Å². The van der Waals surface area contributed by atoms with Gasteiger partial charge in [-0.2, -0.15) is 5.10 Å². The van der Waals surface area contributed by atoms with E-state index in [9.17, 15) is 9.59 Å². The molecule has 2 amide bonds. The third kappa shape index (κ3) is 3.71. The monoisotopic (exact) mass is 380 g/mol. The van der Waals surface area contributed by atoms with Crippen LogP contribution in [-0.4, -0.2) is 21.6 Å². The van der Waals surface area contributed by atoms with Gasteiger partial charge in [0.25, 0.3) is 0 Å². The second kappa shape index (κ2) is 7.25. The number of amides is 2. The van der Waals surface area contributed by atoms with Gasteiger partial charge in [-0.25, -0.2) is 4.68 Å². The Labute approximate surface area is 161 Å². The van der Waals surface area contributed by atoms with Gasteiger partial charge in [0.2, 0.25) is 11.8 Å². The zero-order valence-electron chi connectivity index (χ0n) is 14.4. The van der Waals surface area contributed by atoms with Crippen LogP contribution in [-0.2, 0) is 16.1 Å². The van der Waals surface area contributed by atoms with E-state index >= 15 is 0 Å². The molecule has 136 valence electrons. The van der Waals surface area contributed by atoms with Crippen molar-refractivity contribution in [2.75, 3.05) is 10.6 Å². The van der Waals surface area contributed by atoms with E-state index < -0.39 is 5.92 Å². The summed E-state index contributed by atoms with van der Waals surface area (Å²) < 4.78 is 1.70. The second-order valence-corrected chi connectivity index (χ2v) is 6.82. The summed E-state index contributed by atoms with van der Waals surface area (Å²) in [6, 6.07) is 16.6. The van der Waals surface area contributed by atoms with Crippen LogP contribution in [0, 0.1) is 0 Å². The van der Waals surface area contributed by atoms with Crippen LogP contribution in [0.2, 0.25) is 5.02 Å². The van der Waals surface area contributed by atoms with Crippen LogP contribution < -0.4 is 10.6 Å². The number of nitrogens with one attached hydrogen (secondary N) is 2. The number of halogens is 1. The lowest BCUT2D eigenvalue weighted by atomic mass is 9.90. The van der Waals surface area contributed by atoms with Gasteiger partial charge < -0.3 is 10.6 Å². The molecule has 27 heavy (non-hydrogen) atoms. The Morgan fingerprint density at radius 2 is 1.96 bits per heavy atom. The predicted octanol–water partition coefficient (Wildman–Crippen LogP) is 3.65. The number of hydrogen-bond acceptors (Lipinski definition) is 3. The molecule has 0 fully saturated rings. The molecular weight excluding hydrogens is 364 g/mol. The summed E-state index contributed by atoms with van der Waals surface area (Å²) in [7, 11) is 0. The van der Waals surface area contributed by atoms with Crippen LogP contribution >= 0.6 is 11.6 Å².